The van der Waals surface area contributed by atoms with Crippen LogP contribution in [0.3, 0.4) is 0 Å². The van der Waals surface area contributed by atoms with Crippen LogP contribution in [0.2, 0.25) is 0 Å². The Morgan fingerprint density at radius 2 is 1.76 bits per heavy atom. The van der Waals surface area contributed by atoms with Crippen LogP contribution in [0, 0.1) is 6.92 Å². The number of sulfonamides is 1. The van der Waals surface area contributed by atoms with E-state index in [0.717, 1.165) is 21.7 Å². The summed E-state index contributed by atoms with van der Waals surface area (Å²) >= 11 is 1.30. The standard InChI is InChI=1S/C30H35N3O7S2/c1-21-27(40-19-26(34)35)29(30(36)32-14-16-39-17-15-32)41-28(21)23-8-5-9-25(18-23)31-24-10-12-33(13-11-24)42(37,38)20-22-6-3-2-4-7-22/h2-9,18,24,31H,10-17,19-20H2,1H3,(H,34,35). The van der Waals surface area contributed by atoms with Crippen molar-refractivity contribution >= 4 is 38.9 Å². The lowest BCUT2D eigenvalue weighted by Crippen LogP contribution is -2.42. The van der Waals surface area contributed by atoms with Gasteiger partial charge in [0.05, 0.1) is 19.0 Å². The van der Waals surface area contributed by atoms with E-state index in [1.165, 1.54) is 11.3 Å². The van der Waals surface area contributed by atoms with Crippen molar-refractivity contribution in [2.75, 3.05) is 51.3 Å². The number of carboxylic acids is 1. The Kier molecular flexibility index (Phi) is 9.47. The fraction of sp³-hybridized carbons (Fsp3) is 0.400. The highest BCUT2D eigenvalue weighted by Crippen LogP contribution is 2.42. The molecule has 3 heterocycles. The molecule has 3 aromatic rings. The highest BCUT2D eigenvalue weighted by atomic mass is 32.2. The third-order valence-electron chi connectivity index (χ3n) is 7.46. The van der Waals surface area contributed by atoms with Gasteiger partial charge in [0.15, 0.2) is 6.61 Å². The number of hydrogen-bond donors (Lipinski definition) is 2. The quantitative estimate of drug-likeness (QED) is 0.351. The number of carbonyl (C=O) groups is 2. The van der Waals surface area contributed by atoms with Crippen LogP contribution in [0.4, 0.5) is 5.69 Å². The van der Waals surface area contributed by atoms with Crippen molar-refractivity contribution in [3.8, 4) is 16.2 Å². The van der Waals surface area contributed by atoms with Crippen molar-refractivity contribution in [3.63, 3.8) is 0 Å². The minimum atomic E-state index is -3.39. The molecule has 2 aliphatic heterocycles. The van der Waals surface area contributed by atoms with E-state index in [0.29, 0.717) is 68.4 Å². The number of nitrogens with one attached hydrogen (secondary N) is 1. The van der Waals surface area contributed by atoms with Crippen molar-refractivity contribution in [1.82, 2.24) is 9.21 Å². The van der Waals surface area contributed by atoms with Gasteiger partial charge in [0.25, 0.3) is 5.91 Å². The van der Waals surface area contributed by atoms with Gasteiger partial charge in [-0.25, -0.2) is 17.5 Å². The molecule has 2 fully saturated rings. The molecule has 0 bridgehead atoms. The van der Waals surface area contributed by atoms with E-state index in [1.54, 1.807) is 9.21 Å². The van der Waals surface area contributed by atoms with E-state index in [2.05, 4.69) is 5.32 Å². The van der Waals surface area contributed by atoms with Crippen molar-refractivity contribution in [3.05, 3.63) is 70.6 Å². The van der Waals surface area contributed by atoms with E-state index in [9.17, 15) is 23.1 Å². The Labute approximate surface area is 249 Å². The number of anilines is 1. The maximum absolute atomic E-state index is 13.4. The number of rotatable bonds is 10. The number of carbonyl (C=O) groups excluding carboxylic acids is 1. The second-order valence-corrected chi connectivity index (χ2v) is 13.4. The van der Waals surface area contributed by atoms with E-state index >= 15 is 0 Å². The van der Waals surface area contributed by atoms with Crippen LogP contribution in [0.25, 0.3) is 10.4 Å². The van der Waals surface area contributed by atoms with Crippen LogP contribution in [0.1, 0.15) is 33.6 Å². The second kappa shape index (κ2) is 13.2. The Bertz CT molecular complexity index is 1510. The lowest BCUT2D eigenvalue weighted by atomic mass is 10.0. The Morgan fingerprint density at radius 1 is 1.05 bits per heavy atom. The summed E-state index contributed by atoms with van der Waals surface area (Å²) < 4.78 is 38.5. The first kappa shape index (κ1) is 30.0. The Morgan fingerprint density at radius 3 is 2.45 bits per heavy atom. The molecule has 2 saturated heterocycles. The van der Waals surface area contributed by atoms with Crippen LogP contribution in [0.5, 0.6) is 5.75 Å². The zero-order chi connectivity index (χ0) is 29.7. The third-order valence-corrected chi connectivity index (χ3v) is 10.6. The Balaban J connectivity index is 1.29. The molecule has 0 atom stereocenters. The van der Waals surface area contributed by atoms with Crippen LogP contribution in [-0.2, 0) is 25.3 Å². The summed E-state index contributed by atoms with van der Waals surface area (Å²) in [5.74, 6) is -1.00. The van der Waals surface area contributed by atoms with Gasteiger partial charge in [-0.05, 0) is 43.0 Å². The molecule has 1 amide bonds. The third kappa shape index (κ3) is 7.12. The monoisotopic (exact) mass is 613 g/mol. The lowest BCUT2D eigenvalue weighted by molar-refractivity contribution is -0.139. The average Bonchev–Trinajstić information content (AvgIpc) is 3.32. The number of thiophene rings is 1. The summed E-state index contributed by atoms with van der Waals surface area (Å²) in [6.45, 7) is 4.05. The molecule has 2 aliphatic rings. The molecule has 0 aliphatic carbocycles. The zero-order valence-electron chi connectivity index (χ0n) is 23.5. The van der Waals surface area contributed by atoms with Crippen LogP contribution < -0.4 is 10.1 Å². The number of nitrogens with zero attached hydrogens (tertiary/aromatic N) is 2. The molecule has 2 aromatic carbocycles. The largest absolute Gasteiger partial charge is 0.480 e. The summed E-state index contributed by atoms with van der Waals surface area (Å²) in [6, 6.07) is 17.2. The minimum absolute atomic E-state index is 0.00232. The fourth-order valence-electron chi connectivity index (χ4n) is 5.27. The summed E-state index contributed by atoms with van der Waals surface area (Å²) in [7, 11) is -3.39. The molecule has 10 nitrogen and oxygen atoms in total. The number of amides is 1. The van der Waals surface area contributed by atoms with Gasteiger partial charge in [-0.2, -0.15) is 0 Å². The van der Waals surface area contributed by atoms with E-state index in [1.807, 2.05) is 61.5 Å². The molecular formula is C30H35N3O7S2. The molecule has 1 aromatic heterocycles. The summed E-state index contributed by atoms with van der Waals surface area (Å²) in [6.07, 6.45) is 1.36. The van der Waals surface area contributed by atoms with Gasteiger partial charge in [0.2, 0.25) is 10.0 Å². The Hall–Kier alpha value is -3.45. The molecule has 0 saturated carbocycles. The highest BCUT2D eigenvalue weighted by molar-refractivity contribution is 7.88. The van der Waals surface area contributed by atoms with E-state index in [4.69, 9.17) is 9.47 Å². The number of morpholine rings is 1. The van der Waals surface area contributed by atoms with Gasteiger partial charge in [-0.1, -0.05) is 42.5 Å². The predicted molar refractivity (Wildman–Crippen MR) is 162 cm³/mol. The summed E-state index contributed by atoms with van der Waals surface area (Å²) in [5.41, 5.74) is 3.27. The zero-order valence-corrected chi connectivity index (χ0v) is 25.1. The number of benzene rings is 2. The molecule has 2 N–H and O–H groups in total. The number of ether oxygens (including phenoxy) is 2. The molecular weight excluding hydrogens is 578 g/mol. The van der Waals surface area contributed by atoms with Gasteiger partial charge in [-0.15, -0.1) is 11.3 Å². The van der Waals surface area contributed by atoms with Gasteiger partial charge < -0.3 is 24.8 Å². The molecule has 12 heteroatoms. The first-order chi connectivity index (χ1) is 20.2. The second-order valence-electron chi connectivity index (χ2n) is 10.4. The van der Waals surface area contributed by atoms with Crippen molar-refractivity contribution in [1.29, 1.82) is 0 Å². The van der Waals surface area contributed by atoms with Crippen molar-refractivity contribution < 1.29 is 32.6 Å². The molecule has 0 unspecified atom stereocenters. The van der Waals surface area contributed by atoms with Gasteiger partial charge in [0.1, 0.15) is 10.6 Å². The molecule has 0 spiro atoms. The smallest absolute Gasteiger partial charge is 0.341 e. The van der Waals surface area contributed by atoms with Crippen molar-refractivity contribution in [2.45, 2.75) is 31.6 Å². The van der Waals surface area contributed by atoms with Crippen molar-refractivity contribution in [2.24, 2.45) is 0 Å². The van der Waals surface area contributed by atoms with E-state index < -0.39 is 22.6 Å². The first-order valence-corrected chi connectivity index (χ1v) is 16.4. The number of carboxylic acid groups (broad SMARTS) is 1. The molecule has 0 radical (unpaired) electrons. The topological polar surface area (TPSA) is 125 Å². The number of piperidine rings is 1. The normalized spacial score (nSPS) is 16.7. The van der Waals surface area contributed by atoms with E-state index in [-0.39, 0.29) is 17.7 Å². The van der Waals surface area contributed by atoms with Crippen LogP contribution in [-0.4, -0.2) is 86.6 Å². The first-order valence-electron chi connectivity index (χ1n) is 13.9. The van der Waals surface area contributed by atoms with Gasteiger partial charge in [-0.3, -0.25) is 4.79 Å². The number of aliphatic carboxylic acids is 1. The predicted octanol–water partition coefficient (Wildman–Crippen LogP) is 4.07. The molecule has 224 valence electrons. The van der Waals surface area contributed by atoms with Gasteiger partial charge >= 0.3 is 5.97 Å². The minimum Gasteiger partial charge on any atom is -0.480 e. The highest BCUT2D eigenvalue weighted by Gasteiger charge is 2.30. The molecule has 42 heavy (non-hydrogen) atoms. The summed E-state index contributed by atoms with van der Waals surface area (Å²) in [4.78, 5) is 27.6. The van der Waals surface area contributed by atoms with Gasteiger partial charge in [0, 0.05) is 48.3 Å². The lowest BCUT2D eigenvalue weighted by Gasteiger charge is -2.32. The summed E-state index contributed by atoms with van der Waals surface area (Å²) in [5, 5.41) is 12.8. The number of hydrogen-bond acceptors (Lipinski definition) is 8. The maximum atomic E-state index is 13.4. The SMILES string of the molecule is Cc1c(-c2cccc(NC3CCN(S(=O)(=O)Cc4ccccc4)CC3)c2)sc(C(=O)N2CCOCC2)c1OCC(=O)O. The van der Waals surface area contributed by atoms with Crippen LogP contribution in [0.15, 0.2) is 54.6 Å². The fourth-order valence-corrected chi connectivity index (χ4v) is 8.05. The average molecular weight is 614 g/mol. The maximum Gasteiger partial charge on any atom is 0.341 e. The molecule has 5 rings (SSSR count). The van der Waals surface area contributed by atoms with Crippen LogP contribution >= 0.6 is 11.3 Å².